The molecule has 72 valence electrons. The minimum Gasteiger partial charge on any atom is -0.329 e. The summed E-state index contributed by atoms with van der Waals surface area (Å²) in [6.07, 6.45) is 0. The molecule has 0 aromatic heterocycles. The van der Waals surface area contributed by atoms with Gasteiger partial charge >= 0.3 is 0 Å². The van der Waals surface area contributed by atoms with Crippen LogP contribution in [0.15, 0.2) is 12.1 Å². The van der Waals surface area contributed by atoms with Crippen molar-refractivity contribution in [1.82, 2.24) is 0 Å². The van der Waals surface area contributed by atoms with Crippen molar-refractivity contribution in [1.29, 1.82) is 0 Å². The molecule has 0 aliphatic carbocycles. The van der Waals surface area contributed by atoms with Gasteiger partial charge in [0, 0.05) is 30.3 Å². The first-order valence-corrected chi connectivity index (χ1v) is 3.66. The zero-order valence-corrected chi connectivity index (χ0v) is 6.73. The fourth-order valence-corrected chi connectivity index (χ4v) is 1.03. The van der Waals surface area contributed by atoms with Crippen molar-refractivity contribution in [3.05, 3.63) is 35.1 Å². The lowest BCUT2D eigenvalue weighted by Crippen LogP contribution is -2.23. The third-order valence-electron chi connectivity index (χ3n) is 1.67. The molecular formula is C8H9F3N2. The van der Waals surface area contributed by atoms with E-state index < -0.39 is 23.5 Å². The quantitative estimate of drug-likeness (QED) is 0.732. The summed E-state index contributed by atoms with van der Waals surface area (Å²) < 4.78 is 38.3. The van der Waals surface area contributed by atoms with Gasteiger partial charge in [-0.15, -0.1) is 0 Å². The Balaban J connectivity index is 3.20. The molecular weight excluding hydrogens is 181 g/mol. The molecule has 1 aromatic carbocycles. The van der Waals surface area contributed by atoms with Crippen LogP contribution in [0.1, 0.15) is 11.6 Å². The minimum absolute atomic E-state index is 0.0977. The van der Waals surface area contributed by atoms with Crippen LogP contribution in [0, 0.1) is 17.5 Å². The van der Waals surface area contributed by atoms with Crippen molar-refractivity contribution < 1.29 is 13.2 Å². The largest absolute Gasteiger partial charge is 0.329 e. The molecule has 0 bridgehead atoms. The molecule has 0 unspecified atom stereocenters. The Bertz CT molecular complexity index is 291. The van der Waals surface area contributed by atoms with Gasteiger partial charge in [-0.2, -0.15) is 0 Å². The Morgan fingerprint density at radius 1 is 1.15 bits per heavy atom. The average molecular weight is 190 g/mol. The van der Waals surface area contributed by atoms with E-state index in [4.69, 9.17) is 11.5 Å². The number of hydrogen-bond acceptors (Lipinski definition) is 2. The highest BCUT2D eigenvalue weighted by Crippen LogP contribution is 2.19. The van der Waals surface area contributed by atoms with Crippen molar-refractivity contribution in [3.8, 4) is 0 Å². The van der Waals surface area contributed by atoms with E-state index in [9.17, 15) is 13.2 Å². The third-order valence-corrected chi connectivity index (χ3v) is 1.67. The molecule has 0 heterocycles. The Kier molecular flexibility index (Phi) is 2.90. The number of benzene rings is 1. The lowest BCUT2D eigenvalue weighted by Gasteiger charge is -2.11. The van der Waals surface area contributed by atoms with Gasteiger partial charge in [-0.1, -0.05) is 0 Å². The zero-order valence-electron chi connectivity index (χ0n) is 6.73. The van der Waals surface area contributed by atoms with Gasteiger partial charge in [-0.05, 0) is 0 Å². The normalized spacial score (nSPS) is 13.0. The standard InChI is InChI=1S/C8H9F3N2/c9-4-1-5(10)8(6(11)2-4)7(13)3-12/h1-2,7H,3,12-13H2/t7-/m1/s1. The third kappa shape index (κ3) is 1.99. The van der Waals surface area contributed by atoms with Gasteiger partial charge in [0.1, 0.15) is 17.5 Å². The molecule has 0 fully saturated rings. The van der Waals surface area contributed by atoms with Crippen molar-refractivity contribution >= 4 is 0 Å². The number of halogens is 3. The molecule has 0 aliphatic heterocycles. The summed E-state index contributed by atoms with van der Waals surface area (Å²) in [4.78, 5) is 0. The number of rotatable bonds is 2. The topological polar surface area (TPSA) is 52.0 Å². The smallest absolute Gasteiger partial charge is 0.133 e. The van der Waals surface area contributed by atoms with Crippen LogP contribution >= 0.6 is 0 Å². The molecule has 1 rings (SSSR count). The van der Waals surface area contributed by atoms with E-state index in [1.807, 2.05) is 0 Å². The van der Waals surface area contributed by atoms with Gasteiger partial charge in [0.2, 0.25) is 0 Å². The summed E-state index contributed by atoms with van der Waals surface area (Å²) in [5.74, 6) is -2.98. The van der Waals surface area contributed by atoms with Gasteiger partial charge in [0.15, 0.2) is 0 Å². The van der Waals surface area contributed by atoms with Gasteiger partial charge in [-0.3, -0.25) is 0 Å². The zero-order chi connectivity index (χ0) is 10.0. The summed E-state index contributed by atoms with van der Waals surface area (Å²) in [5.41, 5.74) is 10.1. The fourth-order valence-electron chi connectivity index (χ4n) is 1.03. The molecule has 0 spiro atoms. The monoisotopic (exact) mass is 190 g/mol. The Labute approximate surface area is 73.3 Å². The second-order valence-electron chi connectivity index (χ2n) is 2.63. The summed E-state index contributed by atoms with van der Waals surface area (Å²) in [6, 6.07) is 0.211. The van der Waals surface area contributed by atoms with Crippen LogP contribution < -0.4 is 11.5 Å². The van der Waals surface area contributed by atoms with Gasteiger partial charge in [0.05, 0.1) is 0 Å². The molecule has 1 aromatic rings. The second kappa shape index (κ2) is 3.76. The van der Waals surface area contributed by atoms with Crippen molar-refractivity contribution in [2.45, 2.75) is 6.04 Å². The van der Waals surface area contributed by atoms with E-state index in [0.717, 1.165) is 0 Å². The van der Waals surface area contributed by atoms with Crippen LogP contribution in [0.5, 0.6) is 0 Å². The van der Waals surface area contributed by atoms with E-state index >= 15 is 0 Å². The molecule has 5 heteroatoms. The Morgan fingerprint density at radius 3 is 2.00 bits per heavy atom. The molecule has 0 amide bonds. The first-order chi connectivity index (χ1) is 6.06. The van der Waals surface area contributed by atoms with Crippen LogP contribution in [-0.2, 0) is 0 Å². The van der Waals surface area contributed by atoms with Crippen LogP contribution in [-0.4, -0.2) is 6.54 Å². The summed E-state index contributed by atoms with van der Waals surface area (Å²) in [5, 5.41) is 0. The summed E-state index contributed by atoms with van der Waals surface area (Å²) >= 11 is 0. The SMILES string of the molecule is NC[C@@H](N)c1c(F)cc(F)cc1F. The van der Waals surface area contributed by atoms with Crippen molar-refractivity contribution in [3.63, 3.8) is 0 Å². The molecule has 1 atom stereocenters. The highest BCUT2D eigenvalue weighted by Gasteiger charge is 2.16. The Morgan fingerprint density at radius 2 is 1.62 bits per heavy atom. The lowest BCUT2D eigenvalue weighted by atomic mass is 10.1. The predicted molar refractivity (Wildman–Crippen MR) is 42.3 cm³/mol. The maximum absolute atomic E-state index is 12.9. The van der Waals surface area contributed by atoms with Gasteiger partial charge in [-0.25, -0.2) is 13.2 Å². The van der Waals surface area contributed by atoms with Crippen molar-refractivity contribution in [2.75, 3.05) is 6.54 Å². The molecule has 0 saturated carbocycles. The van der Waals surface area contributed by atoms with Crippen LogP contribution in [0.25, 0.3) is 0 Å². The second-order valence-corrected chi connectivity index (χ2v) is 2.63. The highest BCUT2D eigenvalue weighted by molar-refractivity contribution is 5.24. The maximum atomic E-state index is 12.9. The van der Waals surface area contributed by atoms with Crippen LogP contribution in [0.2, 0.25) is 0 Å². The summed E-state index contributed by atoms with van der Waals surface area (Å²) in [7, 11) is 0. The van der Waals surface area contributed by atoms with E-state index in [2.05, 4.69) is 0 Å². The minimum atomic E-state index is -1.00. The maximum Gasteiger partial charge on any atom is 0.133 e. The number of nitrogens with two attached hydrogens (primary N) is 2. The molecule has 0 saturated heterocycles. The van der Waals surface area contributed by atoms with E-state index in [0.29, 0.717) is 12.1 Å². The lowest BCUT2D eigenvalue weighted by molar-refractivity contribution is 0.504. The first kappa shape index (κ1) is 10.0. The molecule has 13 heavy (non-hydrogen) atoms. The molecule has 0 aliphatic rings. The van der Waals surface area contributed by atoms with Gasteiger partial charge < -0.3 is 11.5 Å². The fraction of sp³-hybridized carbons (Fsp3) is 0.250. The predicted octanol–water partition coefficient (Wildman–Crippen LogP) is 1.06. The molecule has 0 radical (unpaired) electrons. The van der Waals surface area contributed by atoms with Crippen LogP contribution in [0.4, 0.5) is 13.2 Å². The van der Waals surface area contributed by atoms with E-state index in [1.54, 1.807) is 0 Å². The Hall–Kier alpha value is -1.07. The van der Waals surface area contributed by atoms with Crippen molar-refractivity contribution in [2.24, 2.45) is 11.5 Å². The van der Waals surface area contributed by atoms with Gasteiger partial charge in [0.25, 0.3) is 0 Å². The average Bonchev–Trinajstić information content (AvgIpc) is 2.02. The summed E-state index contributed by atoms with van der Waals surface area (Å²) in [6.45, 7) is -0.0977. The highest BCUT2D eigenvalue weighted by atomic mass is 19.1. The number of hydrogen-bond donors (Lipinski definition) is 2. The van der Waals surface area contributed by atoms with Crippen LogP contribution in [0.3, 0.4) is 0 Å². The van der Waals surface area contributed by atoms with E-state index in [-0.39, 0.29) is 12.1 Å². The first-order valence-electron chi connectivity index (χ1n) is 3.66. The molecule has 4 N–H and O–H groups in total. The molecule has 2 nitrogen and oxygen atoms in total. The van der Waals surface area contributed by atoms with E-state index in [1.165, 1.54) is 0 Å².